The van der Waals surface area contributed by atoms with E-state index < -0.39 is 12.1 Å². The third-order valence-electron chi connectivity index (χ3n) is 3.55. The molecule has 0 aliphatic rings. The van der Waals surface area contributed by atoms with E-state index >= 15 is 0 Å². The van der Waals surface area contributed by atoms with Crippen molar-refractivity contribution in [2.24, 2.45) is 0 Å². The van der Waals surface area contributed by atoms with Crippen LogP contribution in [0.15, 0.2) is 67.0 Å². The van der Waals surface area contributed by atoms with Crippen LogP contribution in [0.3, 0.4) is 0 Å². The van der Waals surface area contributed by atoms with E-state index in [1.165, 1.54) is 24.3 Å². The Morgan fingerprint density at radius 2 is 1.85 bits per heavy atom. The van der Waals surface area contributed by atoms with E-state index in [1.807, 2.05) is 0 Å². The molecule has 2 amide bonds. The van der Waals surface area contributed by atoms with Gasteiger partial charge in [-0.2, -0.15) is 0 Å². The fraction of sp³-hybridized carbons (Fsp3) is 0.105. The molecule has 1 atom stereocenters. The molecule has 0 radical (unpaired) electrons. The number of halogens is 1. The highest BCUT2D eigenvalue weighted by molar-refractivity contribution is 5.89. The van der Waals surface area contributed by atoms with Crippen molar-refractivity contribution in [2.75, 3.05) is 11.9 Å². The van der Waals surface area contributed by atoms with Gasteiger partial charge in [0, 0.05) is 30.7 Å². The zero-order valence-corrected chi connectivity index (χ0v) is 14.2. The Labute approximate surface area is 154 Å². The predicted octanol–water partition coefficient (Wildman–Crippen LogP) is 3.26. The zero-order chi connectivity index (χ0) is 19.1. The number of urea groups is 1. The van der Waals surface area contributed by atoms with Crippen LogP contribution in [0, 0.1) is 5.82 Å². The standard InChI is InChI=1S/C19H17FN4O3/c20-14-7-5-13(6-8-14)17(25)12-23-18(26)24-15-3-1-4-16(11-15)27-19-21-9-2-10-22-19/h1-11,17,25H,12H2,(H2,23,24,26). The summed E-state index contributed by atoms with van der Waals surface area (Å²) >= 11 is 0. The molecular weight excluding hydrogens is 351 g/mol. The number of aromatic nitrogens is 2. The van der Waals surface area contributed by atoms with E-state index in [4.69, 9.17) is 4.74 Å². The molecule has 3 N–H and O–H groups in total. The molecule has 0 fully saturated rings. The smallest absolute Gasteiger partial charge is 0.321 e. The van der Waals surface area contributed by atoms with E-state index in [9.17, 15) is 14.3 Å². The number of aliphatic hydroxyl groups is 1. The van der Waals surface area contributed by atoms with Gasteiger partial charge in [0.15, 0.2) is 0 Å². The number of benzene rings is 2. The first-order valence-corrected chi connectivity index (χ1v) is 8.13. The van der Waals surface area contributed by atoms with Gasteiger partial charge < -0.3 is 20.5 Å². The first-order valence-electron chi connectivity index (χ1n) is 8.13. The molecular formula is C19H17FN4O3. The van der Waals surface area contributed by atoms with Crippen LogP contribution in [0.1, 0.15) is 11.7 Å². The minimum atomic E-state index is -0.943. The lowest BCUT2D eigenvalue weighted by Gasteiger charge is -2.13. The molecule has 8 heteroatoms. The highest BCUT2D eigenvalue weighted by atomic mass is 19.1. The maximum Gasteiger partial charge on any atom is 0.321 e. The quantitative estimate of drug-likeness (QED) is 0.621. The van der Waals surface area contributed by atoms with Gasteiger partial charge in [0.25, 0.3) is 0 Å². The van der Waals surface area contributed by atoms with Gasteiger partial charge in [-0.1, -0.05) is 18.2 Å². The second-order valence-electron chi connectivity index (χ2n) is 5.56. The summed E-state index contributed by atoms with van der Waals surface area (Å²) in [7, 11) is 0. The number of hydrogen-bond donors (Lipinski definition) is 3. The van der Waals surface area contributed by atoms with Crippen molar-refractivity contribution in [3.8, 4) is 11.8 Å². The number of anilines is 1. The number of nitrogens with one attached hydrogen (secondary N) is 2. The number of rotatable bonds is 6. The molecule has 0 aliphatic carbocycles. The van der Waals surface area contributed by atoms with Crippen LogP contribution in [0.25, 0.3) is 0 Å². The Hall–Kier alpha value is -3.52. The molecule has 0 aliphatic heterocycles. The molecule has 0 bridgehead atoms. The van der Waals surface area contributed by atoms with Crippen molar-refractivity contribution in [1.29, 1.82) is 0 Å². The molecule has 0 spiro atoms. The number of nitrogens with zero attached hydrogens (tertiary/aromatic N) is 2. The van der Waals surface area contributed by atoms with Crippen molar-refractivity contribution in [3.63, 3.8) is 0 Å². The van der Waals surface area contributed by atoms with Crippen LogP contribution < -0.4 is 15.4 Å². The summed E-state index contributed by atoms with van der Waals surface area (Å²) in [4.78, 5) is 19.9. The average Bonchev–Trinajstić information content (AvgIpc) is 2.68. The molecule has 3 rings (SSSR count). The lowest BCUT2D eigenvalue weighted by atomic mass is 10.1. The first kappa shape index (κ1) is 18.3. The molecule has 0 saturated heterocycles. The summed E-state index contributed by atoms with van der Waals surface area (Å²) in [6.45, 7) is -0.0223. The van der Waals surface area contributed by atoms with Gasteiger partial charge in [0.2, 0.25) is 0 Å². The Morgan fingerprint density at radius 3 is 2.59 bits per heavy atom. The summed E-state index contributed by atoms with van der Waals surface area (Å²) in [5, 5.41) is 15.2. The zero-order valence-electron chi connectivity index (χ0n) is 14.2. The first-order chi connectivity index (χ1) is 13.1. The highest BCUT2D eigenvalue weighted by Crippen LogP contribution is 2.21. The minimum Gasteiger partial charge on any atom is -0.424 e. The lowest BCUT2D eigenvalue weighted by Crippen LogP contribution is -2.32. The van der Waals surface area contributed by atoms with Gasteiger partial charge in [-0.25, -0.2) is 19.2 Å². The molecule has 2 aromatic carbocycles. The van der Waals surface area contributed by atoms with E-state index in [2.05, 4.69) is 20.6 Å². The molecule has 1 heterocycles. The van der Waals surface area contributed by atoms with Crippen molar-refractivity contribution in [1.82, 2.24) is 15.3 Å². The monoisotopic (exact) mass is 368 g/mol. The van der Waals surface area contributed by atoms with E-state index in [1.54, 1.807) is 42.7 Å². The van der Waals surface area contributed by atoms with E-state index in [-0.39, 0.29) is 18.4 Å². The molecule has 3 aromatic rings. The average molecular weight is 368 g/mol. The van der Waals surface area contributed by atoms with Gasteiger partial charge in [0.05, 0.1) is 6.10 Å². The van der Waals surface area contributed by atoms with Crippen LogP contribution in [0.2, 0.25) is 0 Å². The van der Waals surface area contributed by atoms with Crippen molar-refractivity contribution in [3.05, 3.63) is 78.4 Å². The number of amides is 2. The van der Waals surface area contributed by atoms with Gasteiger partial charge in [-0.15, -0.1) is 0 Å². The number of carbonyl (C=O) groups excluding carboxylic acids is 1. The van der Waals surface area contributed by atoms with Crippen LogP contribution in [-0.2, 0) is 0 Å². The van der Waals surface area contributed by atoms with Crippen molar-refractivity contribution < 1.29 is 19.0 Å². The largest absolute Gasteiger partial charge is 0.424 e. The molecule has 0 saturated carbocycles. The maximum atomic E-state index is 12.9. The van der Waals surface area contributed by atoms with Gasteiger partial charge in [-0.3, -0.25) is 0 Å². The predicted molar refractivity (Wildman–Crippen MR) is 96.9 cm³/mol. The Balaban J connectivity index is 1.53. The van der Waals surface area contributed by atoms with Crippen LogP contribution in [0.4, 0.5) is 14.9 Å². The topological polar surface area (TPSA) is 96.4 Å². The van der Waals surface area contributed by atoms with Crippen molar-refractivity contribution in [2.45, 2.75) is 6.10 Å². The lowest BCUT2D eigenvalue weighted by molar-refractivity contribution is 0.175. The Morgan fingerprint density at radius 1 is 1.11 bits per heavy atom. The van der Waals surface area contributed by atoms with Gasteiger partial charge in [0.1, 0.15) is 11.6 Å². The maximum absolute atomic E-state index is 12.9. The van der Waals surface area contributed by atoms with Gasteiger partial charge in [-0.05, 0) is 35.9 Å². The van der Waals surface area contributed by atoms with E-state index in [0.717, 1.165) is 0 Å². The molecule has 27 heavy (non-hydrogen) atoms. The summed E-state index contributed by atoms with van der Waals surface area (Å²) in [6, 6.07) is 13.5. The van der Waals surface area contributed by atoms with E-state index in [0.29, 0.717) is 17.0 Å². The number of hydrogen-bond acceptors (Lipinski definition) is 5. The molecule has 7 nitrogen and oxygen atoms in total. The minimum absolute atomic E-state index is 0.0223. The van der Waals surface area contributed by atoms with Crippen LogP contribution in [0.5, 0.6) is 11.8 Å². The van der Waals surface area contributed by atoms with Crippen molar-refractivity contribution >= 4 is 11.7 Å². The SMILES string of the molecule is O=C(NCC(O)c1ccc(F)cc1)Nc1cccc(Oc2ncccn2)c1. The van der Waals surface area contributed by atoms with Crippen LogP contribution >= 0.6 is 0 Å². The third-order valence-corrected chi connectivity index (χ3v) is 3.55. The fourth-order valence-corrected chi connectivity index (χ4v) is 2.25. The highest BCUT2D eigenvalue weighted by Gasteiger charge is 2.10. The summed E-state index contributed by atoms with van der Waals surface area (Å²) in [5.41, 5.74) is 1.01. The second kappa shape index (κ2) is 8.72. The molecule has 1 aromatic heterocycles. The number of ether oxygens (including phenoxy) is 1. The number of carbonyl (C=O) groups is 1. The summed E-state index contributed by atoms with van der Waals surface area (Å²) in [5.74, 6) is 0.0741. The second-order valence-corrected chi connectivity index (χ2v) is 5.56. The Kier molecular flexibility index (Phi) is 5.91. The third kappa shape index (κ3) is 5.48. The fourth-order valence-electron chi connectivity index (χ4n) is 2.25. The summed E-state index contributed by atoms with van der Waals surface area (Å²) in [6.07, 6.45) is 2.18. The van der Waals surface area contributed by atoms with Gasteiger partial charge >= 0.3 is 12.0 Å². The number of aliphatic hydroxyl groups excluding tert-OH is 1. The normalized spacial score (nSPS) is 11.5. The molecule has 138 valence electrons. The van der Waals surface area contributed by atoms with Crippen LogP contribution in [-0.4, -0.2) is 27.7 Å². The molecule has 1 unspecified atom stereocenters. The Bertz CT molecular complexity index is 891. The summed E-state index contributed by atoms with van der Waals surface area (Å²) < 4.78 is 18.4.